The number of rotatable bonds is 8. The van der Waals surface area contributed by atoms with Gasteiger partial charge in [-0.3, -0.25) is 19.7 Å². The molecule has 0 atom stereocenters. The van der Waals surface area contributed by atoms with E-state index in [1.807, 2.05) is 67.6 Å². The summed E-state index contributed by atoms with van der Waals surface area (Å²) in [7, 11) is 0. The number of carbonyl (C=O) groups excluding carboxylic acids is 2. The summed E-state index contributed by atoms with van der Waals surface area (Å²) in [5, 5.41) is 15.5. The van der Waals surface area contributed by atoms with Crippen molar-refractivity contribution in [2.45, 2.75) is 39.3 Å². The van der Waals surface area contributed by atoms with Gasteiger partial charge in [-0.15, -0.1) is 0 Å². The van der Waals surface area contributed by atoms with Crippen molar-refractivity contribution in [2.24, 2.45) is 5.10 Å². The fourth-order valence-corrected chi connectivity index (χ4v) is 5.10. The van der Waals surface area contributed by atoms with Crippen molar-refractivity contribution < 1.29 is 18.9 Å². The van der Waals surface area contributed by atoms with Crippen molar-refractivity contribution in [2.75, 3.05) is 0 Å². The Morgan fingerprint density at radius 2 is 1.63 bits per heavy atom. The molecule has 5 rings (SSSR count). The van der Waals surface area contributed by atoms with E-state index < -0.39 is 10.8 Å². The van der Waals surface area contributed by atoms with Crippen molar-refractivity contribution in [3.8, 4) is 0 Å². The first-order valence-corrected chi connectivity index (χ1v) is 13.5. The average Bonchev–Trinajstić information content (AvgIpc) is 3.33. The molecule has 0 bridgehead atoms. The van der Waals surface area contributed by atoms with Crippen LogP contribution in [0, 0.1) is 17.0 Å². The number of carbonyl (C=O) groups is 2. The van der Waals surface area contributed by atoms with Crippen molar-refractivity contribution in [3.05, 3.63) is 133 Å². The fraction of sp³-hybridized carbons (Fsp3) is 0.194. The number of furan rings is 1. The van der Waals surface area contributed by atoms with Crippen molar-refractivity contribution in [1.82, 2.24) is 10.3 Å². The number of nitro groups is 1. The first-order valence-electron chi connectivity index (χ1n) is 13.1. The largest absolute Gasteiger partial charge is 0.455 e. The Bertz CT molecular complexity index is 1590. The van der Waals surface area contributed by atoms with E-state index in [-0.39, 0.29) is 27.9 Å². The maximum absolute atomic E-state index is 13.9. The molecule has 1 heterocycles. The molecule has 0 saturated heterocycles. The van der Waals surface area contributed by atoms with E-state index in [0.717, 1.165) is 23.6 Å². The molecule has 3 aromatic carbocycles. The van der Waals surface area contributed by atoms with Gasteiger partial charge in [-0.05, 0) is 43.0 Å². The Hall–Kier alpha value is -4.76. The number of hydrogen-bond acceptors (Lipinski definition) is 6. The third-order valence-corrected chi connectivity index (χ3v) is 7.26. The van der Waals surface area contributed by atoms with E-state index in [9.17, 15) is 19.7 Å². The van der Waals surface area contributed by atoms with Crippen LogP contribution in [0.4, 0.5) is 5.69 Å². The maximum Gasteiger partial charge on any atom is 0.290 e. The van der Waals surface area contributed by atoms with Crippen LogP contribution in [0.3, 0.4) is 0 Å². The number of hydrogen-bond donors (Lipinski definition) is 1. The van der Waals surface area contributed by atoms with E-state index in [2.05, 4.69) is 10.5 Å². The van der Waals surface area contributed by atoms with Crippen molar-refractivity contribution >= 4 is 34.8 Å². The standard InChI is InChI=1S/C31H27ClN4O5/c1-20-28-25(33-34-30(37)23-15-16-24(32)26(17-23)36(39)40)13-8-14-27(28)41-29(20)31(38)35(18-21-9-4-2-5-10-21)19-22-11-6-3-7-12-22/h2-7,9-12,15-17H,8,13-14,18-19H2,1H3,(H,34,37)/b33-25+. The molecule has 2 amide bonds. The number of nitrogens with zero attached hydrogens (tertiary/aromatic N) is 3. The highest BCUT2D eigenvalue weighted by Gasteiger charge is 2.30. The van der Waals surface area contributed by atoms with Crippen LogP contribution in [-0.2, 0) is 19.5 Å². The number of aryl methyl sites for hydroxylation is 1. The third-order valence-electron chi connectivity index (χ3n) is 6.94. The normalized spacial score (nSPS) is 13.5. The molecule has 1 N–H and O–H groups in total. The molecule has 10 heteroatoms. The Balaban J connectivity index is 1.42. The van der Waals surface area contributed by atoms with Gasteiger partial charge in [0.05, 0.1) is 10.6 Å². The number of amides is 2. The molecule has 0 saturated carbocycles. The molecule has 1 aliphatic rings. The number of hydrazone groups is 1. The van der Waals surface area contributed by atoms with E-state index in [1.54, 1.807) is 4.90 Å². The molecular formula is C31H27ClN4O5. The Morgan fingerprint density at radius 3 is 2.24 bits per heavy atom. The van der Waals surface area contributed by atoms with Gasteiger partial charge in [0.2, 0.25) is 0 Å². The van der Waals surface area contributed by atoms with Gasteiger partial charge in [0.25, 0.3) is 17.5 Å². The smallest absolute Gasteiger partial charge is 0.290 e. The minimum absolute atomic E-state index is 0.0544. The SMILES string of the molecule is Cc1c(C(=O)N(Cc2ccccc2)Cc2ccccc2)oc2c1/C(=N/NC(=O)c1ccc(Cl)c([N+](=O)[O-])c1)CCC2. The molecule has 0 unspecified atom stereocenters. The van der Waals surface area contributed by atoms with Crippen LogP contribution < -0.4 is 5.43 Å². The minimum Gasteiger partial charge on any atom is -0.455 e. The summed E-state index contributed by atoms with van der Waals surface area (Å²) in [6.07, 6.45) is 1.93. The Labute approximate surface area is 241 Å². The summed E-state index contributed by atoms with van der Waals surface area (Å²) >= 11 is 5.87. The van der Waals surface area contributed by atoms with Gasteiger partial charge in [0.15, 0.2) is 5.76 Å². The Kier molecular flexibility index (Phi) is 8.26. The van der Waals surface area contributed by atoms with Gasteiger partial charge < -0.3 is 9.32 Å². The summed E-state index contributed by atoms with van der Waals surface area (Å²) in [5.74, 6) is 0.0444. The first-order chi connectivity index (χ1) is 19.8. The topological polar surface area (TPSA) is 118 Å². The number of halogens is 1. The molecule has 1 aliphatic carbocycles. The van der Waals surface area contributed by atoms with E-state index in [4.69, 9.17) is 16.0 Å². The highest BCUT2D eigenvalue weighted by molar-refractivity contribution is 6.32. The summed E-state index contributed by atoms with van der Waals surface area (Å²) in [5.41, 5.74) is 6.13. The number of nitro benzene ring substituents is 1. The number of benzene rings is 3. The molecule has 208 valence electrons. The maximum atomic E-state index is 13.9. The lowest BCUT2D eigenvalue weighted by Crippen LogP contribution is -2.30. The molecule has 0 fully saturated rings. The van der Waals surface area contributed by atoms with Crippen LogP contribution >= 0.6 is 11.6 Å². The molecule has 4 aromatic rings. The van der Waals surface area contributed by atoms with Gasteiger partial charge in [-0.2, -0.15) is 5.10 Å². The zero-order chi connectivity index (χ0) is 28.9. The molecule has 41 heavy (non-hydrogen) atoms. The highest BCUT2D eigenvalue weighted by Crippen LogP contribution is 2.31. The molecule has 9 nitrogen and oxygen atoms in total. The monoisotopic (exact) mass is 570 g/mol. The van der Waals surface area contributed by atoms with Crippen LogP contribution in [0.15, 0.2) is 88.4 Å². The summed E-state index contributed by atoms with van der Waals surface area (Å²) in [6.45, 7) is 2.64. The fourth-order valence-electron chi connectivity index (χ4n) is 4.91. The lowest BCUT2D eigenvalue weighted by Gasteiger charge is -2.22. The van der Waals surface area contributed by atoms with Crippen LogP contribution in [0.25, 0.3) is 0 Å². The van der Waals surface area contributed by atoms with E-state index >= 15 is 0 Å². The van der Waals surface area contributed by atoms with E-state index in [0.29, 0.717) is 48.5 Å². The quantitative estimate of drug-likeness (QED) is 0.192. The highest BCUT2D eigenvalue weighted by atomic mass is 35.5. The van der Waals surface area contributed by atoms with Crippen LogP contribution in [0.2, 0.25) is 5.02 Å². The first kappa shape index (κ1) is 27.8. The summed E-state index contributed by atoms with van der Waals surface area (Å²) < 4.78 is 6.16. The summed E-state index contributed by atoms with van der Waals surface area (Å²) in [4.78, 5) is 39.0. The van der Waals surface area contributed by atoms with Crippen molar-refractivity contribution in [3.63, 3.8) is 0 Å². The van der Waals surface area contributed by atoms with Gasteiger partial charge >= 0.3 is 0 Å². The van der Waals surface area contributed by atoms with Crippen LogP contribution in [0.5, 0.6) is 0 Å². The minimum atomic E-state index is -0.648. The van der Waals surface area contributed by atoms with Gasteiger partial charge in [-0.1, -0.05) is 72.3 Å². The second-order valence-electron chi connectivity index (χ2n) is 9.76. The van der Waals surface area contributed by atoms with Gasteiger partial charge in [0.1, 0.15) is 10.8 Å². The number of fused-ring (bicyclic) bond motifs is 1. The lowest BCUT2D eigenvalue weighted by molar-refractivity contribution is -0.384. The van der Waals surface area contributed by atoms with Crippen LogP contribution in [0.1, 0.15) is 61.8 Å². The molecule has 0 spiro atoms. The second-order valence-corrected chi connectivity index (χ2v) is 10.2. The molecule has 0 radical (unpaired) electrons. The Morgan fingerprint density at radius 1 is 1.00 bits per heavy atom. The summed E-state index contributed by atoms with van der Waals surface area (Å²) in [6, 6.07) is 23.4. The molecular weight excluding hydrogens is 544 g/mol. The zero-order valence-corrected chi connectivity index (χ0v) is 23.1. The predicted octanol–water partition coefficient (Wildman–Crippen LogP) is 6.46. The van der Waals surface area contributed by atoms with Gasteiger partial charge in [-0.25, -0.2) is 5.43 Å². The molecule has 0 aliphatic heterocycles. The van der Waals surface area contributed by atoms with Gasteiger partial charge in [0, 0.05) is 42.3 Å². The predicted molar refractivity (Wildman–Crippen MR) is 155 cm³/mol. The average molecular weight is 571 g/mol. The molecule has 1 aromatic heterocycles. The zero-order valence-electron chi connectivity index (χ0n) is 22.3. The lowest BCUT2D eigenvalue weighted by atomic mass is 9.93. The second kappa shape index (κ2) is 12.2. The van der Waals surface area contributed by atoms with Crippen LogP contribution in [-0.4, -0.2) is 27.3 Å². The number of nitrogens with one attached hydrogen (secondary N) is 1. The van der Waals surface area contributed by atoms with Crippen molar-refractivity contribution in [1.29, 1.82) is 0 Å². The van der Waals surface area contributed by atoms with E-state index in [1.165, 1.54) is 12.1 Å². The third kappa shape index (κ3) is 6.20.